The van der Waals surface area contributed by atoms with Crippen LogP contribution >= 0.6 is 23.2 Å². The Labute approximate surface area is 195 Å². The Balaban J connectivity index is 1.22. The topological polar surface area (TPSA) is 91.0 Å². The van der Waals surface area contributed by atoms with E-state index in [1.165, 1.54) is 0 Å². The number of benzene rings is 2. The van der Waals surface area contributed by atoms with Gasteiger partial charge in [-0.25, -0.2) is 0 Å². The Morgan fingerprint density at radius 3 is 2.69 bits per heavy atom. The van der Waals surface area contributed by atoms with Crippen molar-refractivity contribution in [2.75, 3.05) is 6.61 Å². The molecule has 0 bridgehead atoms. The lowest BCUT2D eigenvalue weighted by molar-refractivity contribution is -0.127. The maximum atomic E-state index is 13.0. The Kier molecular flexibility index (Phi) is 5.35. The van der Waals surface area contributed by atoms with E-state index in [4.69, 9.17) is 27.9 Å². The van der Waals surface area contributed by atoms with Crippen LogP contribution in [0.25, 0.3) is 0 Å². The summed E-state index contributed by atoms with van der Waals surface area (Å²) in [4.78, 5) is 38.9. The second-order valence-corrected chi connectivity index (χ2v) is 9.22. The average molecular weight is 474 g/mol. The molecule has 3 heterocycles. The lowest BCUT2D eigenvalue weighted by Gasteiger charge is -2.36. The first-order valence-electron chi connectivity index (χ1n) is 10.4. The largest absolute Gasteiger partial charge is 0.352 e. The summed E-state index contributed by atoms with van der Waals surface area (Å²) in [7, 11) is 0. The van der Waals surface area contributed by atoms with Crippen LogP contribution in [-0.2, 0) is 33.8 Å². The molecule has 2 atom stereocenters. The van der Waals surface area contributed by atoms with Crippen molar-refractivity contribution < 1.29 is 19.1 Å². The first kappa shape index (κ1) is 21.2. The molecule has 5 rings (SSSR count). The van der Waals surface area contributed by atoms with Crippen LogP contribution in [-0.4, -0.2) is 41.0 Å². The quantitative estimate of drug-likeness (QED) is 0.653. The summed E-state index contributed by atoms with van der Waals surface area (Å²) in [5.74, 6) is -0.222. The van der Waals surface area contributed by atoms with Crippen molar-refractivity contribution in [1.82, 2.24) is 15.5 Å². The first-order chi connectivity index (χ1) is 15.3. The van der Waals surface area contributed by atoms with E-state index < -0.39 is 5.72 Å². The fraction of sp³-hybridized carbons (Fsp3) is 0.348. The summed E-state index contributed by atoms with van der Waals surface area (Å²) >= 11 is 11.9. The Morgan fingerprint density at radius 2 is 1.94 bits per heavy atom. The fourth-order valence-corrected chi connectivity index (χ4v) is 4.81. The number of carbonyl (C=O) groups excluding carboxylic acids is 3. The summed E-state index contributed by atoms with van der Waals surface area (Å²) in [6.45, 7) is 1.25. The molecule has 2 aromatic carbocycles. The van der Waals surface area contributed by atoms with Crippen molar-refractivity contribution in [1.29, 1.82) is 0 Å². The van der Waals surface area contributed by atoms with E-state index in [0.717, 1.165) is 16.7 Å². The fourth-order valence-electron chi connectivity index (χ4n) is 4.49. The number of fused-ring (bicyclic) bond motifs is 1. The van der Waals surface area contributed by atoms with Gasteiger partial charge < -0.3 is 20.3 Å². The molecule has 1 spiro atoms. The zero-order chi connectivity index (χ0) is 22.5. The van der Waals surface area contributed by atoms with Gasteiger partial charge in [-0.15, -0.1) is 0 Å². The summed E-state index contributed by atoms with van der Waals surface area (Å²) in [5.41, 5.74) is 2.54. The molecule has 7 nitrogen and oxygen atoms in total. The van der Waals surface area contributed by atoms with Crippen molar-refractivity contribution in [3.63, 3.8) is 0 Å². The molecule has 2 aromatic rings. The lowest BCUT2D eigenvalue weighted by atomic mass is 9.97. The molecule has 32 heavy (non-hydrogen) atoms. The molecule has 166 valence electrons. The maximum Gasteiger partial charge on any atom is 0.254 e. The molecule has 2 unspecified atom stereocenters. The van der Waals surface area contributed by atoms with E-state index in [0.29, 0.717) is 48.1 Å². The minimum absolute atomic E-state index is 0.0400. The zero-order valence-corrected chi connectivity index (χ0v) is 18.6. The van der Waals surface area contributed by atoms with E-state index in [9.17, 15) is 14.4 Å². The third kappa shape index (κ3) is 3.96. The first-order valence-corrected chi connectivity index (χ1v) is 11.2. The Morgan fingerprint density at radius 1 is 1.16 bits per heavy atom. The molecule has 0 radical (unpaired) electrons. The summed E-state index contributed by atoms with van der Waals surface area (Å²) < 4.78 is 5.54. The normalized spacial score (nSPS) is 23.8. The number of nitrogens with one attached hydrogen (secondary N) is 2. The Hall–Kier alpha value is -2.61. The molecule has 0 aliphatic carbocycles. The molecule has 2 N–H and O–H groups in total. The summed E-state index contributed by atoms with van der Waals surface area (Å²) in [5, 5.41) is 6.67. The van der Waals surface area contributed by atoms with Crippen LogP contribution in [0.5, 0.6) is 0 Å². The molecular formula is C23H21Cl2N3O4. The molecule has 2 fully saturated rings. The number of ether oxygens (including phenoxy) is 1. The van der Waals surface area contributed by atoms with Gasteiger partial charge in [-0.1, -0.05) is 41.4 Å². The maximum absolute atomic E-state index is 13.0. The van der Waals surface area contributed by atoms with Crippen LogP contribution in [0.1, 0.15) is 39.9 Å². The second kappa shape index (κ2) is 8.06. The standard InChI is InChI=1S/C23H21Cl2N3O4/c24-17-4-2-13(8-18(17)25)9-21(30)26-10-14-1-3-16-15(7-14)11-28(22(16)31)19-5-6-20(29)27-23(19)12-32-23/h1-4,7-8,19H,5-6,9-12H2,(H,26,30)(H,27,29). The van der Waals surface area contributed by atoms with Crippen molar-refractivity contribution >= 4 is 40.9 Å². The highest BCUT2D eigenvalue weighted by molar-refractivity contribution is 6.42. The van der Waals surface area contributed by atoms with E-state index in [-0.39, 0.29) is 30.2 Å². The Bertz CT molecular complexity index is 1130. The van der Waals surface area contributed by atoms with Gasteiger partial charge in [0.2, 0.25) is 11.8 Å². The van der Waals surface area contributed by atoms with Gasteiger partial charge >= 0.3 is 0 Å². The number of hydrogen-bond donors (Lipinski definition) is 2. The molecule has 3 aliphatic rings. The molecule has 3 aliphatic heterocycles. The van der Waals surface area contributed by atoms with Gasteiger partial charge in [-0.3, -0.25) is 14.4 Å². The number of rotatable bonds is 5. The van der Waals surface area contributed by atoms with Gasteiger partial charge in [0.05, 0.1) is 29.1 Å². The number of epoxide rings is 1. The van der Waals surface area contributed by atoms with Crippen molar-refractivity contribution in [2.45, 2.75) is 44.1 Å². The predicted molar refractivity (Wildman–Crippen MR) is 118 cm³/mol. The molecule has 3 amide bonds. The monoisotopic (exact) mass is 473 g/mol. The highest BCUT2D eigenvalue weighted by Crippen LogP contribution is 2.40. The van der Waals surface area contributed by atoms with Crippen LogP contribution < -0.4 is 10.6 Å². The number of piperidine rings is 1. The third-order valence-electron chi connectivity index (χ3n) is 6.21. The number of amides is 3. The number of carbonyl (C=O) groups is 3. The minimum atomic E-state index is -0.728. The number of halogens is 2. The lowest BCUT2D eigenvalue weighted by Crippen LogP contribution is -2.58. The SMILES string of the molecule is O=C(Cc1ccc(Cl)c(Cl)c1)NCc1ccc2c(c1)CN(C1CCC(=O)NC13CO3)C2=O. The van der Waals surface area contributed by atoms with Gasteiger partial charge in [0, 0.05) is 25.1 Å². The summed E-state index contributed by atoms with van der Waals surface area (Å²) in [6, 6.07) is 10.6. The molecule has 0 aromatic heterocycles. The number of hydrogen-bond acceptors (Lipinski definition) is 4. The smallest absolute Gasteiger partial charge is 0.254 e. The van der Waals surface area contributed by atoms with Crippen molar-refractivity contribution in [3.8, 4) is 0 Å². The second-order valence-electron chi connectivity index (χ2n) is 8.41. The van der Waals surface area contributed by atoms with Crippen LogP contribution in [0.2, 0.25) is 10.0 Å². The van der Waals surface area contributed by atoms with Crippen molar-refractivity contribution in [3.05, 3.63) is 68.7 Å². The van der Waals surface area contributed by atoms with Crippen LogP contribution in [0.3, 0.4) is 0 Å². The van der Waals surface area contributed by atoms with Crippen molar-refractivity contribution in [2.24, 2.45) is 0 Å². The van der Waals surface area contributed by atoms with E-state index in [1.54, 1.807) is 29.2 Å². The van der Waals surface area contributed by atoms with E-state index in [1.807, 2.05) is 12.1 Å². The summed E-state index contributed by atoms with van der Waals surface area (Å²) in [6.07, 6.45) is 1.17. The molecule has 0 saturated carbocycles. The van der Waals surface area contributed by atoms with E-state index >= 15 is 0 Å². The zero-order valence-electron chi connectivity index (χ0n) is 17.1. The van der Waals surface area contributed by atoms with Gasteiger partial charge in [-0.2, -0.15) is 0 Å². The highest BCUT2D eigenvalue weighted by Gasteiger charge is 2.58. The van der Waals surface area contributed by atoms with Crippen LogP contribution in [0.15, 0.2) is 36.4 Å². The van der Waals surface area contributed by atoms with Gasteiger partial charge in [-0.05, 0) is 41.3 Å². The average Bonchev–Trinajstić information content (AvgIpc) is 3.44. The van der Waals surface area contributed by atoms with E-state index in [2.05, 4.69) is 10.6 Å². The van der Waals surface area contributed by atoms with Gasteiger partial charge in [0.1, 0.15) is 0 Å². The van der Waals surface area contributed by atoms with Gasteiger partial charge in [0.25, 0.3) is 5.91 Å². The van der Waals surface area contributed by atoms with Gasteiger partial charge in [0.15, 0.2) is 5.72 Å². The van der Waals surface area contributed by atoms with Crippen LogP contribution in [0.4, 0.5) is 0 Å². The van der Waals surface area contributed by atoms with Crippen LogP contribution in [0, 0.1) is 0 Å². The molecule has 9 heteroatoms. The third-order valence-corrected chi connectivity index (χ3v) is 6.94. The predicted octanol–water partition coefficient (Wildman–Crippen LogP) is 2.81. The highest BCUT2D eigenvalue weighted by atomic mass is 35.5. The molecular weight excluding hydrogens is 453 g/mol. The minimum Gasteiger partial charge on any atom is -0.352 e. The molecule has 2 saturated heterocycles. The number of nitrogens with zero attached hydrogens (tertiary/aromatic N) is 1.